The molecule has 0 heterocycles. The summed E-state index contributed by atoms with van der Waals surface area (Å²) in [5, 5.41) is 10.9. The van der Waals surface area contributed by atoms with Crippen molar-refractivity contribution in [2.24, 2.45) is 5.73 Å². The van der Waals surface area contributed by atoms with Crippen LogP contribution in [0.25, 0.3) is 0 Å². The maximum Gasteiger partial charge on any atom is 0.130 e. The van der Waals surface area contributed by atoms with Crippen LogP contribution >= 0.6 is 0 Å². The first-order valence-corrected chi connectivity index (χ1v) is 3.54. The van der Waals surface area contributed by atoms with Crippen LogP contribution in [0.1, 0.15) is 5.56 Å². The highest BCUT2D eigenvalue weighted by atomic mass is 16.5. The van der Waals surface area contributed by atoms with E-state index in [9.17, 15) is 5.21 Å². The molecule has 3 N–H and O–H groups in total. The molecule has 0 saturated heterocycles. The third kappa shape index (κ3) is 2.01. The Bertz CT molecular complexity index is 218. The van der Waals surface area contributed by atoms with Crippen molar-refractivity contribution >= 4 is 5.69 Å². The number of benzene rings is 1. The molecule has 1 aromatic rings. The van der Waals surface area contributed by atoms with Gasteiger partial charge in [-0.2, -0.15) is 0 Å². The van der Waals surface area contributed by atoms with Gasteiger partial charge in [0.05, 0.1) is 7.05 Å². The summed E-state index contributed by atoms with van der Waals surface area (Å²) in [6.45, 7) is 0.526. The number of rotatable bonds is 2. The highest BCUT2D eigenvalue weighted by molar-refractivity contribution is 5.32. The Morgan fingerprint density at radius 2 is 1.91 bits per heavy atom. The minimum atomic E-state index is 0.0913. The van der Waals surface area contributed by atoms with E-state index in [1.807, 2.05) is 12.1 Å². The Hall–Kier alpha value is -0.900. The molecular formula is C8H12N2O. The van der Waals surface area contributed by atoms with Gasteiger partial charge in [0.15, 0.2) is 0 Å². The quantitative estimate of drug-likeness (QED) is 0.576. The predicted molar refractivity (Wildman–Crippen MR) is 44.2 cm³/mol. The first-order valence-electron chi connectivity index (χ1n) is 3.54. The summed E-state index contributed by atoms with van der Waals surface area (Å²) in [7, 11) is 1.55. The normalized spacial score (nSPS) is 13.0. The van der Waals surface area contributed by atoms with Gasteiger partial charge in [0.25, 0.3) is 0 Å². The van der Waals surface area contributed by atoms with Crippen LogP contribution in [0.2, 0.25) is 0 Å². The van der Waals surface area contributed by atoms with Crippen LogP contribution in [-0.4, -0.2) is 7.05 Å². The van der Waals surface area contributed by atoms with Crippen LogP contribution in [0.15, 0.2) is 24.3 Å². The molecular weight excluding hydrogens is 140 g/mol. The molecule has 60 valence electrons. The first-order chi connectivity index (χ1) is 5.24. The van der Waals surface area contributed by atoms with Crippen LogP contribution in [0, 0.1) is 5.21 Å². The number of hydroxylamine groups is 1. The number of quaternary nitrogens is 1. The van der Waals surface area contributed by atoms with Gasteiger partial charge in [0.1, 0.15) is 5.69 Å². The van der Waals surface area contributed by atoms with Crippen molar-refractivity contribution in [1.29, 1.82) is 0 Å². The molecule has 0 aliphatic heterocycles. The lowest BCUT2D eigenvalue weighted by molar-refractivity contribution is -0.751. The van der Waals surface area contributed by atoms with Crippen LogP contribution in [0.3, 0.4) is 0 Å². The lowest BCUT2D eigenvalue weighted by atomic mass is 10.2. The van der Waals surface area contributed by atoms with Crippen molar-refractivity contribution in [3.05, 3.63) is 35.0 Å². The summed E-state index contributed by atoms with van der Waals surface area (Å²) < 4.78 is 0. The van der Waals surface area contributed by atoms with E-state index in [1.54, 1.807) is 19.2 Å². The second kappa shape index (κ2) is 3.48. The molecule has 0 aliphatic carbocycles. The fourth-order valence-corrected chi connectivity index (χ4v) is 0.876. The van der Waals surface area contributed by atoms with Crippen molar-refractivity contribution in [2.45, 2.75) is 6.54 Å². The molecule has 0 radical (unpaired) electrons. The smallest absolute Gasteiger partial charge is 0.130 e. The number of nitrogens with two attached hydrogens (primary N) is 1. The third-order valence-electron chi connectivity index (χ3n) is 1.60. The summed E-state index contributed by atoms with van der Waals surface area (Å²) in [6, 6.07) is 7.34. The van der Waals surface area contributed by atoms with Gasteiger partial charge in [-0.3, -0.25) is 0 Å². The standard InChI is InChI=1S/C8H12N2O/c1-10(11)8-4-2-7(6-9)3-5-8/h2-5,10H,6,9H2,1H3. The molecule has 3 nitrogen and oxygen atoms in total. The molecule has 0 saturated carbocycles. The van der Waals surface area contributed by atoms with Crippen molar-refractivity contribution < 1.29 is 5.06 Å². The highest BCUT2D eigenvalue weighted by Gasteiger charge is 1.94. The van der Waals surface area contributed by atoms with E-state index in [4.69, 9.17) is 5.73 Å². The lowest BCUT2D eigenvalue weighted by Crippen LogP contribution is -2.98. The molecule has 11 heavy (non-hydrogen) atoms. The van der Waals surface area contributed by atoms with E-state index in [1.165, 1.54) is 0 Å². The largest absolute Gasteiger partial charge is 0.629 e. The van der Waals surface area contributed by atoms with Gasteiger partial charge in [-0.15, -0.1) is 0 Å². The Kier molecular flexibility index (Phi) is 2.59. The lowest BCUT2D eigenvalue weighted by Gasteiger charge is -2.15. The summed E-state index contributed by atoms with van der Waals surface area (Å²) in [4.78, 5) is 0. The van der Waals surface area contributed by atoms with Crippen molar-refractivity contribution in [3.8, 4) is 0 Å². The molecule has 1 unspecified atom stereocenters. The molecule has 1 rings (SSSR count). The van der Waals surface area contributed by atoms with Crippen LogP contribution < -0.4 is 10.8 Å². The zero-order chi connectivity index (χ0) is 8.27. The van der Waals surface area contributed by atoms with Gasteiger partial charge < -0.3 is 16.0 Å². The van der Waals surface area contributed by atoms with E-state index in [-0.39, 0.29) is 5.06 Å². The minimum absolute atomic E-state index is 0.0913. The Morgan fingerprint density at radius 3 is 2.27 bits per heavy atom. The van der Waals surface area contributed by atoms with E-state index >= 15 is 0 Å². The summed E-state index contributed by atoms with van der Waals surface area (Å²) in [5.41, 5.74) is 7.18. The van der Waals surface area contributed by atoms with E-state index in [0.29, 0.717) is 6.54 Å². The van der Waals surface area contributed by atoms with Gasteiger partial charge in [0, 0.05) is 6.54 Å². The van der Waals surface area contributed by atoms with Gasteiger partial charge in [-0.05, 0) is 17.7 Å². The molecule has 0 aliphatic rings. The first kappa shape index (κ1) is 8.20. The monoisotopic (exact) mass is 152 g/mol. The van der Waals surface area contributed by atoms with Crippen molar-refractivity contribution in [3.63, 3.8) is 0 Å². The van der Waals surface area contributed by atoms with Crippen molar-refractivity contribution in [1.82, 2.24) is 0 Å². The summed E-state index contributed by atoms with van der Waals surface area (Å²) in [6.07, 6.45) is 0. The Balaban J connectivity index is 2.83. The van der Waals surface area contributed by atoms with Crippen LogP contribution in [0.4, 0.5) is 5.69 Å². The van der Waals surface area contributed by atoms with Gasteiger partial charge >= 0.3 is 0 Å². The second-order valence-corrected chi connectivity index (χ2v) is 2.46. The molecule has 0 aromatic heterocycles. The Morgan fingerprint density at radius 1 is 1.36 bits per heavy atom. The average molecular weight is 152 g/mol. The molecule has 1 aromatic carbocycles. The average Bonchev–Trinajstić information content (AvgIpc) is 2.05. The van der Waals surface area contributed by atoms with Crippen LogP contribution in [0.5, 0.6) is 0 Å². The van der Waals surface area contributed by atoms with E-state index in [2.05, 4.69) is 0 Å². The number of nitrogens with one attached hydrogen (secondary N) is 1. The fourth-order valence-electron chi connectivity index (χ4n) is 0.876. The summed E-state index contributed by atoms with van der Waals surface area (Å²) >= 11 is 0. The summed E-state index contributed by atoms with van der Waals surface area (Å²) in [5.74, 6) is 0. The SMILES string of the molecule is C[NH+]([O-])c1ccc(CN)cc1. The Labute approximate surface area is 66.0 Å². The maximum atomic E-state index is 10.8. The minimum Gasteiger partial charge on any atom is -0.629 e. The second-order valence-electron chi connectivity index (χ2n) is 2.46. The number of hydrogen-bond acceptors (Lipinski definition) is 2. The molecule has 0 amide bonds. The van der Waals surface area contributed by atoms with Gasteiger partial charge in [-0.1, -0.05) is 12.1 Å². The van der Waals surface area contributed by atoms with E-state index < -0.39 is 0 Å². The van der Waals surface area contributed by atoms with Gasteiger partial charge in [-0.25, -0.2) is 0 Å². The highest BCUT2D eigenvalue weighted by Crippen LogP contribution is 2.03. The molecule has 0 bridgehead atoms. The zero-order valence-electron chi connectivity index (χ0n) is 6.50. The van der Waals surface area contributed by atoms with Gasteiger partial charge in [0.2, 0.25) is 0 Å². The zero-order valence-corrected chi connectivity index (χ0v) is 6.50. The fraction of sp³-hybridized carbons (Fsp3) is 0.250. The topological polar surface area (TPSA) is 53.5 Å². The maximum absolute atomic E-state index is 10.8. The number of hydrogen-bond donors (Lipinski definition) is 2. The third-order valence-corrected chi connectivity index (χ3v) is 1.60. The molecule has 3 heteroatoms. The molecule has 0 spiro atoms. The van der Waals surface area contributed by atoms with Crippen LogP contribution in [-0.2, 0) is 6.54 Å². The van der Waals surface area contributed by atoms with E-state index in [0.717, 1.165) is 11.3 Å². The molecule has 0 fully saturated rings. The predicted octanol–water partition coefficient (Wildman–Crippen LogP) is -0.211. The molecule has 1 atom stereocenters. The van der Waals surface area contributed by atoms with Crippen molar-refractivity contribution in [2.75, 3.05) is 7.05 Å².